The Hall–Kier alpha value is -0.380. The van der Waals surface area contributed by atoms with Crippen molar-refractivity contribution < 1.29 is 0 Å². The van der Waals surface area contributed by atoms with Crippen molar-refractivity contribution in [2.75, 3.05) is 13.1 Å². The number of nitrogens with two attached hydrogens (primary N) is 1. The minimum atomic E-state index is 0.289. The fourth-order valence-electron chi connectivity index (χ4n) is 3.98. The van der Waals surface area contributed by atoms with E-state index in [9.17, 15) is 0 Å². The highest BCUT2D eigenvalue weighted by Gasteiger charge is 2.41. The molecule has 1 saturated carbocycles. The van der Waals surface area contributed by atoms with Crippen molar-refractivity contribution in [2.24, 2.45) is 5.73 Å². The molecule has 1 fully saturated rings. The van der Waals surface area contributed by atoms with Crippen molar-refractivity contribution in [1.29, 1.82) is 0 Å². The van der Waals surface area contributed by atoms with Crippen LogP contribution in [0, 0.1) is 0 Å². The molecule has 3 rings (SSSR count). The Labute approximate surface area is 114 Å². The predicted octanol–water partition coefficient (Wildman–Crippen LogP) is 3.33. The number of nitrogens with zero attached hydrogens (tertiary/aromatic N) is 1. The van der Waals surface area contributed by atoms with Gasteiger partial charge in [-0.2, -0.15) is 0 Å². The molecule has 0 spiro atoms. The average Bonchev–Trinajstić information content (AvgIpc) is 2.89. The van der Waals surface area contributed by atoms with Crippen LogP contribution in [0.1, 0.15) is 55.5 Å². The molecule has 2 nitrogen and oxygen atoms in total. The molecule has 2 N–H and O–H groups in total. The van der Waals surface area contributed by atoms with E-state index in [1.165, 1.54) is 45.1 Å². The van der Waals surface area contributed by atoms with Gasteiger partial charge in [0.2, 0.25) is 0 Å². The van der Waals surface area contributed by atoms with Gasteiger partial charge in [0, 0.05) is 29.5 Å². The maximum atomic E-state index is 6.19. The van der Waals surface area contributed by atoms with Crippen LogP contribution < -0.4 is 5.73 Å². The third-order valence-electron chi connectivity index (χ3n) is 5.05. The molecular formula is C15H24N2S. The zero-order valence-corrected chi connectivity index (χ0v) is 12.1. The van der Waals surface area contributed by atoms with E-state index >= 15 is 0 Å². The van der Waals surface area contributed by atoms with E-state index in [2.05, 4.69) is 23.3 Å². The van der Waals surface area contributed by atoms with E-state index in [-0.39, 0.29) is 5.54 Å². The van der Waals surface area contributed by atoms with Crippen LogP contribution in [0.5, 0.6) is 0 Å². The lowest BCUT2D eigenvalue weighted by molar-refractivity contribution is 0.0184. The highest BCUT2D eigenvalue weighted by molar-refractivity contribution is 7.10. The van der Waals surface area contributed by atoms with Crippen LogP contribution in [0.3, 0.4) is 0 Å². The zero-order valence-electron chi connectivity index (χ0n) is 11.3. The lowest BCUT2D eigenvalue weighted by Crippen LogP contribution is -2.57. The van der Waals surface area contributed by atoms with Crippen molar-refractivity contribution in [3.8, 4) is 0 Å². The molecule has 0 aromatic carbocycles. The van der Waals surface area contributed by atoms with Gasteiger partial charge in [-0.25, -0.2) is 0 Å². The van der Waals surface area contributed by atoms with Gasteiger partial charge in [0.15, 0.2) is 0 Å². The van der Waals surface area contributed by atoms with Crippen molar-refractivity contribution in [2.45, 2.75) is 57.0 Å². The molecule has 2 aliphatic rings. The molecule has 1 aromatic heterocycles. The van der Waals surface area contributed by atoms with Gasteiger partial charge in [-0.1, -0.05) is 19.3 Å². The Balaban J connectivity index is 1.88. The van der Waals surface area contributed by atoms with E-state index in [1.807, 2.05) is 11.3 Å². The summed E-state index contributed by atoms with van der Waals surface area (Å²) < 4.78 is 0. The topological polar surface area (TPSA) is 29.3 Å². The summed E-state index contributed by atoms with van der Waals surface area (Å²) in [5.74, 6) is 0. The second-order valence-corrected chi connectivity index (χ2v) is 6.91. The normalized spacial score (nSPS) is 28.0. The lowest BCUT2D eigenvalue weighted by atomic mass is 9.78. The van der Waals surface area contributed by atoms with Crippen molar-refractivity contribution >= 4 is 11.3 Å². The van der Waals surface area contributed by atoms with Gasteiger partial charge in [-0.05, 0) is 43.2 Å². The molecule has 1 aliphatic heterocycles. The summed E-state index contributed by atoms with van der Waals surface area (Å²) in [5, 5.41) is 2.25. The first kappa shape index (κ1) is 12.6. The van der Waals surface area contributed by atoms with Gasteiger partial charge in [-0.3, -0.25) is 4.90 Å². The van der Waals surface area contributed by atoms with Gasteiger partial charge < -0.3 is 5.73 Å². The van der Waals surface area contributed by atoms with Crippen LogP contribution in [0.4, 0.5) is 0 Å². The Morgan fingerprint density at radius 3 is 2.89 bits per heavy atom. The highest BCUT2D eigenvalue weighted by atomic mass is 32.1. The summed E-state index contributed by atoms with van der Waals surface area (Å²) >= 11 is 1.93. The average molecular weight is 264 g/mol. The lowest BCUT2D eigenvalue weighted by Gasteiger charge is -2.50. The number of fused-ring (bicyclic) bond motifs is 1. The van der Waals surface area contributed by atoms with E-state index in [0.717, 1.165) is 6.54 Å². The molecule has 0 bridgehead atoms. The van der Waals surface area contributed by atoms with Gasteiger partial charge in [0.05, 0.1) is 0 Å². The molecule has 0 radical (unpaired) electrons. The molecule has 18 heavy (non-hydrogen) atoms. The summed E-state index contributed by atoms with van der Waals surface area (Å²) in [6, 6.07) is 2.88. The monoisotopic (exact) mass is 264 g/mol. The fourth-order valence-corrected chi connectivity index (χ4v) is 4.94. The van der Waals surface area contributed by atoms with Crippen molar-refractivity contribution in [1.82, 2.24) is 4.90 Å². The van der Waals surface area contributed by atoms with Crippen LogP contribution in [-0.2, 0) is 6.42 Å². The van der Waals surface area contributed by atoms with Gasteiger partial charge in [-0.15, -0.1) is 11.3 Å². The van der Waals surface area contributed by atoms with E-state index in [0.29, 0.717) is 6.04 Å². The number of hydrogen-bond acceptors (Lipinski definition) is 3. The minimum Gasteiger partial charge on any atom is -0.329 e. The SMILES string of the molecule is CC1c2ccsc2CCN1C1(CN)CCCCC1. The molecule has 0 amide bonds. The Kier molecular flexibility index (Phi) is 3.48. The zero-order chi connectivity index (χ0) is 12.6. The second kappa shape index (κ2) is 4.95. The fraction of sp³-hybridized carbons (Fsp3) is 0.733. The predicted molar refractivity (Wildman–Crippen MR) is 78.0 cm³/mol. The van der Waals surface area contributed by atoms with Crippen molar-refractivity contribution in [3.63, 3.8) is 0 Å². The van der Waals surface area contributed by atoms with E-state index in [1.54, 1.807) is 10.4 Å². The molecule has 2 heterocycles. The number of rotatable bonds is 2. The summed E-state index contributed by atoms with van der Waals surface area (Å²) in [6.45, 7) is 4.40. The summed E-state index contributed by atoms with van der Waals surface area (Å²) in [7, 11) is 0. The van der Waals surface area contributed by atoms with E-state index < -0.39 is 0 Å². The van der Waals surface area contributed by atoms with Gasteiger partial charge in [0.25, 0.3) is 0 Å². The van der Waals surface area contributed by atoms with Crippen LogP contribution in [0.25, 0.3) is 0 Å². The highest BCUT2D eigenvalue weighted by Crippen LogP contribution is 2.42. The van der Waals surface area contributed by atoms with Crippen LogP contribution in [0.15, 0.2) is 11.4 Å². The molecule has 1 atom stereocenters. The minimum absolute atomic E-state index is 0.289. The van der Waals surface area contributed by atoms with Crippen LogP contribution in [0.2, 0.25) is 0 Å². The Morgan fingerprint density at radius 1 is 1.39 bits per heavy atom. The summed E-state index contributed by atoms with van der Waals surface area (Å²) in [5.41, 5.74) is 8.04. The standard InChI is InChI=1S/C15H24N2S/c1-12-13-6-10-18-14(13)5-9-17(12)15(11-16)7-3-2-4-8-15/h6,10,12H,2-5,7-9,11,16H2,1H3. The smallest absolute Gasteiger partial charge is 0.0337 e. The van der Waals surface area contributed by atoms with Gasteiger partial charge in [0.1, 0.15) is 0 Å². The number of hydrogen-bond donors (Lipinski definition) is 1. The second-order valence-electron chi connectivity index (χ2n) is 5.91. The van der Waals surface area contributed by atoms with Crippen LogP contribution >= 0.6 is 11.3 Å². The molecule has 1 aliphatic carbocycles. The summed E-state index contributed by atoms with van der Waals surface area (Å²) in [4.78, 5) is 4.32. The molecule has 1 aromatic rings. The quantitative estimate of drug-likeness (QED) is 0.888. The van der Waals surface area contributed by atoms with Gasteiger partial charge >= 0.3 is 0 Å². The molecule has 100 valence electrons. The van der Waals surface area contributed by atoms with Crippen LogP contribution in [-0.4, -0.2) is 23.5 Å². The first-order valence-corrected chi connectivity index (χ1v) is 8.18. The molecule has 3 heteroatoms. The largest absolute Gasteiger partial charge is 0.329 e. The summed E-state index contributed by atoms with van der Waals surface area (Å²) in [6.07, 6.45) is 7.93. The maximum absolute atomic E-state index is 6.19. The van der Waals surface area contributed by atoms with E-state index in [4.69, 9.17) is 5.73 Å². The maximum Gasteiger partial charge on any atom is 0.0337 e. The first-order chi connectivity index (χ1) is 8.77. The molecule has 1 unspecified atom stereocenters. The van der Waals surface area contributed by atoms with Crippen molar-refractivity contribution in [3.05, 3.63) is 21.9 Å². The first-order valence-electron chi connectivity index (χ1n) is 7.30. The Morgan fingerprint density at radius 2 is 2.17 bits per heavy atom. The molecular weight excluding hydrogens is 240 g/mol. The third-order valence-corrected chi connectivity index (χ3v) is 6.05. The third kappa shape index (κ3) is 1.93. The molecule has 0 saturated heterocycles. The number of thiophene rings is 1. The Bertz CT molecular complexity index is 406.